The molecule has 0 aromatic heterocycles. The van der Waals surface area contributed by atoms with Crippen molar-refractivity contribution in [3.05, 3.63) is 59.2 Å². The van der Waals surface area contributed by atoms with E-state index < -0.39 is 0 Å². The Bertz CT molecular complexity index is 803. The van der Waals surface area contributed by atoms with Crippen LogP contribution in [0.25, 0.3) is 0 Å². The van der Waals surface area contributed by atoms with Crippen LogP contribution in [0.3, 0.4) is 0 Å². The minimum atomic E-state index is 0.208. The quantitative estimate of drug-likeness (QED) is 0.803. The van der Waals surface area contributed by atoms with Gasteiger partial charge in [0.15, 0.2) is 11.5 Å². The summed E-state index contributed by atoms with van der Waals surface area (Å²) in [7, 11) is 2.24. The maximum atomic E-state index is 6.59. The first-order valence-electron chi connectivity index (χ1n) is 9.94. The Hall–Kier alpha value is -2.00. The minimum Gasteiger partial charge on any atom is -0.485 e. The molecule has 2 aromatic carbocycles. The predicted molar refractivity (Wildman–Crippen MR) is 103 cm³/mol. The molecule has 1 fully saturated rings. The van der Waals surface area contributed by atoms with Gasteiger partial charge in [0.05, 0.1) is 0 Å². The highest BCUT2D eigenvalue weighted by molar-refractivity contribution is 5.58. The van der Waals surface area contributed by atoms with Crippen molar-refractivity contribution in [1.82, 2.24) is 4.90 Å². The van der Waals surface area contributed by atoms with E-state index in [1.807, 2.05) is 6.07 Å². The molecule has 1 spiro atoms. The largest absolute Gasteiger partial charge is 0.485 e. The molecular weight excluding hydrogens is 322 g/mol. The molecule has 3 heteroatoms. The Balaban J connectivity index is 1.54. The normalized spacial score (nSPS) is 27.2. The average Bonchev–Trinajstić information content (AvgIpc) is 2.95. The monoisotopic (exact) mass is 349 g/mol. The highest BCUT2D eigenvalue weighted by Gasteiger charge is 2.52. The van der Waals surface area contributed by atoms with Gasteiger partial charge in [-0.3, -0.25) is 0 Å². The lowest BCUT2D eigenvalue weighted by molar-refractivity contribution is 0.0861. The molecule has 3 nitrogen and oxygen atoms in total. The van der Waals surface area contributed by atoms with Crippen molar-refractivity contribution in [3.8, 4) is 11.5 Å². The minimum absolute atomic E-state index is 0.208. The zero-order chi connectivity index (χ0) is 17.6. The van der Waals surface area contributed by atoms with E-state index >= 15 is 0 Å². The van der Waals surface area contributed by atoms with Crippen LogP contribution in [0.5, 0.6) is 11.5 Å². The molecule has 0 unspecified atom stereocenters. The molecule has 2 atom stereocenters. The molecule has 26 heavy (non-hydrogen) atoms. The molecule has 1 aliphatic carbocycles. The predicted octanol–water partition coefficient (Wildman–Crippen LogP) is 4.67. The van der Waals surface area contributed by atoms with E-state index in [9.17, 15) is 0 Å². The average molecular weight is 349 g/mol. The number of rotatable bonds is 3. The third kappa shape index (κ3) is 2.52. The second-order valence-electron chi connectivity index (χ2n) is 8.20. The van der Waals surface area contributed by atoms with Crippen molar-refractivity contribution >= 4 is 0 Å². The van der Waals surface area contributed by atoms with Gasteiger partial charge in [-0.2, -0.15) is 0 Å². The van der Waals surface area contributed by atoms with Gasteiger partial charge in [-0.25, -0.2) is 0 Å². The fraction of sp³-hybridized carbons (Fsp3) is 0.478. The Morgan fingerprint density at radius 3 is 2.88 bits per heavy atom. The molecule has 1 saturated carbocycles. The fourth-order valence-corrected chi connectivity index (χ4v) is 5.23. The first-order valence-corrected chi connectivity index (χ1v) is 9.94. The van der Waals surface area contributed by atoms with Crippen LogP contribution in [0.1, 0.15) is 48.8 Å². The van der Waals surface area contributed by atoms with Crippen LogP contribution >= 0.6 is 0 Å². The zero-order valence-electron chi connectivity index (χ0n) is 15.5. The fourth-order valence-electron chi connectivity index (χ4n) is 5.23. The first-order chi connectivity index (χ1) is 12.8. The zero-order valence-corrected chi connectivity index (χ0v) is 15.5. The van der Waals surface area contributed by atoms with Gasteiger partial charge in [-0.15, -0.1) is 0 Å². The van der Waals surface area contributed by atoms with Crippen LogP contribution in [-0.2, 0) is 18.6 Å². The highest BCUT2D eigenvalue weighted by atomic mass is 16.5. The molecule has 136 valence electrons. The van der Waals surface area contributed by atoms with Gasteiger partial charge in [0, 0.05) is 17.5 Å². The van der Waals surface area contributed by atoms with Crippen molar-refractivity contribution in [2.45, 2.75) is 56.8 Å². The molecule has 0 bridgehead atoms. The number of ether oxygens (including phenoxy) is 2. The highest BCUT2D eigenvalue weighted by Crippen LogP contribution is 2.57. The molecule has 2 aliphatic heterocycles. The van der Waals surface area contributed by atoms with Gasteiger partial charge >= 0.3 is 0 Å². The summed E-state index contributed by atoms with van der Waals surface area (Å²) in [5, 5.41) is 0. The molecule has 0 amide bonds. The molecule has 3 aliphatic rings. The van der Waals surface area contributed by atoms with Crippen LogP contribution in [-0.4, -0.2) is 24.6 Å². The van der Waals surface area contributed by atoms with Crippen molar-refractivity contribution in [2.24, 2.45) is 0 Å². The second kappa shape index (κ2) is 6.31. The Morgan fingerprint density at radius 1 is 1.12 bits per heavy atom. The van der Waals surface area contributed by atoms with E-state index in [0.29, 0.717) is 12.7 Å². The first kappa shape index (κ1) is 16.2. The van der Waals surface area contributed by atoms with Gasteiger partial charge < -0.3 is 14.4 Å². The summed E-state index contributed by atoms with van der Waals surface area (Å²) >= 11 is 0. The lowest BCUT2D eigenvalue weighted by Crippen LogP contribution is -2.42. The van der Waals surface area contributed by atoms with Crippen molar-refractivity contribution in [2.75, 3.05) is 13.6 Å². The van der Waals surface area contributed by atoms with E-state index in [0.717, 1.165) is 24.6 Å². The maximum absolute atomic E-state index is 6.59. The van der Waals surface area contributed by atoms with Crippen LogP contribution in [0.2, 0.25) is 0 Å². The summed E-state index contributed by atoms with van der Waals surface area (Å²) in [6, 6.07) is 14.8. The molecule has 0 N–H and O–H groups in total. The lowest BCUT2D eigenvalue weighted by atomic mass is 9.66. The summed E-state index contributed by atoms with van der Waals surface area (Å²) < 4.78 is 12.8. The van der Waals surface area contributed by atoms with Gasteiger partial charge in [-0.1, -0.05) is 42.8 Å². The Kier molecular flexibility index (Phi) is 3.93. The van der Waals surface area contributed by atoms with Crippen LogP contribution in [0, 0.1) is 0 Å². The maximum Gasteiger partial charge on any atom is 0.165 e. The smallest absolute Gasteiger partial charge is 0.165 e. The van der Waals surface area contributed by atoms with E-state index in [4.69, 9.17) is 9.47 Å². The van der Waals surface area contributed by atoms with Gasteiger partial charge in [-0.05, 0) is 56.5 Å². The molecular formula is C23H27NO2. The summed E-state index contributed by atoms with van der Waals surface area (Å²) in [6.07, 6.45) is 6.57. The molecule has 0 radical (unpaired) electrons. The van der Waals surface area contributed by atoms with Crippen LogP contribution in [0.4, 0.5) is 0 Å². The van der Waals surface area contributed by atoms with Crippen molar-refractivity contribution in [3.63, 3.8) is 0 Å². The van der Waals surface area contributed by atoms with E-state index in [-0.39, 0.29) is 5.41 Å². The third-order valence-electron chi connectivity index (χ3n) is 6.54. The van der Waals surface area contributed by atoms with E-state index in [1.54, 1.807) is 0 Å². The topological polar surface area (TPSA) is 21.7 Å². The standard InChI is InChI=1S/C23H27NO2/c1-24-14-13-23-12-6-5-9-20(23)26-22-19(11-10-18(15-24)21(22)23)25-16-17-7-3-2-4-8-17/h2-4,7-8,10-11,20H,5-6,9,12-16H2,1H3/t20-,23-/m0/s1. The summed E-state index contributed by atoms with van der Waals surface area (Å²) in [5.41, 5.74) is 4.31. The van der Waals surface area contributed by atoms with Gasteiger partial charge in [0.1, 0.15) is 12.7 Å². The number of nitrogens with zero attached hydrogens (tertiary/aromatic N) is 1. The van der Waals surface area contributed by atoms with Crippen molar-refractivity contribution in [1.29, 1.82) is 0 Å². The summed E-state index contributed by atoms with van der Waals surface area (Å²) in [4.78, 5) is 2.46. The number of hydrogen-bond donors (Lipinski definition) is 0. The number of benzene rings is 2. The van der Waals surface area contributed by atoms with Crippen LogP contribution in [0.15, 0.2) is 42.5 Å². The summed E-state index contributed by atoms with van der Waals surface area (Å²) in [6.45, 7) is 2.75. The van der Waals surface area contributed by atoms with Gasteiger partial charge in [0.2, 0.25) is 0 Å². The summed E-state index contributed by atoms with van der Waals surface area (Å²) in [5.74, 6) is 1.96. The van der Waals surface area contributed by atoms with E-state index in [2.05, 4.69) is 48.3 Å². The number of hydrogen-bond acceptors (Lipinski definition) is 3. The Morgan fingerprint density at radius 2 is 2.00 bits per heavy atom. The van der Waals surface area contributed by atoms with Crippen LogP contribution < -0.4 is 9.47 Å². The van der Waals surface area contributed by atoms with E-state index in [1.165, 1.54) is 48.8 Å². The second-order valence-corrected chi connectivity index (χ2v) is 8.20. The van der Waals surface area contributed by atoms with Crippen molar-refractivity contribution < 1.29 is 9.47 Å². The molecule has 2 aromatic rings. The SMILES string of the molecule is CN1CC[C@@]23CCCC[C@@H]2Oc2c(OCc4ccccc4)ccc(c23)C1. The lowest BCUT2D eigenvalue weighted by Gasteiger charge is -2.38. The molecule has 2 heterocycles. The van der Waals surface area contributed by atoms with Gasteiger partial charge in [0.25, 0.3) is 0 Å². The third-order valence-corrected chi connectivity index (χ3v) is 6.54. The Labute approximate surface area is 155 Å². The molecule has 5 rings (SSSR count). The molecule has 0 saturated heterocycles.